The van der Waals surface area contributed by atoms with Crippen LogP contribution < -0.4 is 5.32 Å². The first-order valence-corrected chi connectivity index (χ1v) is 5.08. The smallest absolute Gasteiger partial charge is 0.219 e. The molecule has 2 nitrogen and oxygen atoms in total. The van der Waals surface area contributed by atoms with E-state index in [4.69, 9.17) is 0 Å². The summed E-state index contributed by atoms with van der Waals surface area (Å²) in [6.45, 7) is 12.7. The van der Waals surface area contributed by atoms with E-state index in [0.717, 1.165) is 13.0 Å². The van der Waals surface area contributed by atoms with Gasteiger partial charge in [0.1, 0.15) is 0 Å². The van der Waals surface area contributed by atoms with Crippen molar-refractivity contribution >= 4 is 5.91 Å². The fourth-order valence-electron chi connectivity index (χ4n) is 0.389. The van der Waals surface area contributed by atoms with Crippen molar-refractivity contribution in [3.8, 4) is 0 Å². The Morgan fingerprint density at radius 1 is 1.17 bits per heavy atom. The predicted octanol–water partition coefficient (Wildman–Crippen LogP) is 3.22. The molecule has 0 aliphatic carbocycles. The predicted molar refractivity (Wildman–Crippen MR) is 58.4 cm³/mol. The fourth-order valence-corrected chi connectivity index (χ4v) is 0.389. The first-order chi connectivity index (χ1) is 5.81. The topological polar surface area (TPSA) is 29.1 Å². The van der Waals surface area contributed by atoms with Gasteiger partial charge in [-0.15, -0.1) is 0 Å². The fraction of sp³-hybridized carbons (Fsp3) is 0.900. The van der Waals surface area contributed by atoms with Crippen molar-refractivity contribution in [3.63, 3.8) is 0 Å². The zero-order valence-electron chi connectivity index (χ0n) is 9.53. The lowest BCUT2D eigenvalue weighted by Crippen LogP contribution is -2.22. The Bertz CT molecular complexity index is 77.3. The van der Waals surface area contributed by atoms with Crippen LogP contribution in [0.25, 0.3) is 0 Å². The summed E-state index contributed by atoms with van der Waals surface area (Å²) >= 11 is 0. The quantitative estimate of drug-likeness (QED) is 0.704. The molecule has 0 aliphatic rings. The SMILES string of the molecule is CC.CC.CCCNC(=O)CC.[HH]. The van der Waals surface area contributed by atoms with Crippen molar-refractivity contribution in [1.82, 2.24) is 5.32 Å². The van der Waals surface area contributed by atoms with Crippen LogP contribution in [0.15, 0.2) is 0 Å². The van der Waals surface area contributed by atoms with Gasteiger partial charge in [0.2, 0.25) is 5.91 Å². The molecular weight excluding hydrogens is 150 g/mol. The maximum atomic E-state index is 10.5. The Morgan fingerprint density at radius 2 is 1.58 bits per heavy atom. The first-order valence-electron chi connectivity index (χ1n) is 5.08. The molecule has 0 aromatic rings. The van der Waals surface area contributed by atoms with Crippen LogP contribution in [0.3, 0.4) is 0 Å². The molecule has 0 fully saturated rings. The number of nitrogens with one attached hydrogen (secondary N) is 1. The van der Waals surface area contributed by atoms with Crippen LogP contribution in [0.1, 0.15) is 55.8 Å². The zero-order chi connectivity index (χ0) is 10.4. The normalized spacial score (nSPS) is 6.83. The maximum Gasteiger partial charge on any atom is 0.219 e. The lowest BCUT2D eigenvalue weighted by Gasteiger charge is -1.97. The number of amides is 1. The number of carbonyl (C=O) groups is 1. The highest BCUT2D eigenvalue weighted by Crippen LogP contribution is 1.75. The van der Waals surface area contributed by atoms with E-state index in [-0.39, 0.29) is 7.33 Å². The summed E-state index contributed by atoms with van der Waals surface area (Å²) in [5.74, 6) is 0.145. The number of hydrogen-bond donors (Lipinski definition) is 1. The van der Waals surface area contributed by atoms with Gasteiger partial charge in [-0.05, 0) is 6.42 Å². The summed E-state index contributed by atoms with van der Waals surface area (Å²) in [6, 6.07) is 0. The van der Waals surface area contributed by atoms with Crippen LogP contribution in [0, 0.1) is 0 Å². The maximum absolute atomic E-state index is 10.5. The van der Waals surface area contributed by atoms with Gasteiger partial charge in [-0.25, -0.2) is 0 Å². The Balaban J connectivity index is -0.0000000712. The van der Waals surface area contributed by atoms with Crippen molar-refractivity contribution in [1.29, 1.82) is 0 Å². The average molecular weight is 177 g/mol. The minimum Gasteiger partial charge on any atom is -0.356 e. The summed E-state index contributed by atoms with van der Waals surface area (Å²) in [7, 11) is 0. The second-order valence-corrected chi connectivity index (χ2v) is 1.70. The van der Waals surface area contributed by atoms with E-state index in [1.807, 2.05) is 41.5 Å². The molecule has 0 saturated carbocycles. The molecule has 12 heavy (non-hydrogen) atoms. The third-order valence-electron chi connectivity index (χ3n) is 0.893. The van der Waals surface area contributed by atoms with Gasteiger partial charge < -0.3 is 5.32 Å². The lowest BCUT2D eigenvalue weighted by molar-refractivity contribution is -0.120. The van der Waals surface area contributed by atoms with Gasteiger partial charge in [-0.2, -0.15) is 0 Å². The second-order valence-electron chi connectivity index (χ2n) is 1.70. The van der Waals surface area contributed by atoms with Crippen molar-refractivity contribution in [2.24, 2.45) is 0 Å². The van der Waals surface area contributed by atoms with Gasteiger partial charge in [0, 0.05) is 14.4 Å². The molecule has 0 aromatic heterocycles. The standard InChI is InChI=1S/C6H13NO.2C2H6.H2/c1-3-5-7-6(8)4-2;2*1-2;/h3-5H2,1-2H3,(H,7,8);2*1-2H3;1H. The van der Waals surface area contributed by atoms with E-state index in [2.05, 4.69) is 5.32 Å². The summed E-state index contributed by atoms with van der Waals surface area (Å²) in [6.07, 6.45) is 1.62. The Hall–Kier alpha value is -0.530. The van der Waals surface area contributed by atoms with Crippen LogP contribution in [0.4, 0.5) is 0 Å². The Kier molecular flexibility index (Phi) is 32.8. The molecule has 0 aromatic carbocycles. The molecule has 1 amide bonds. The van der Waals surface area contributed by atoms with E-state index < -0.39 is 0 Å². The minimum atomic E-state index is 0. The molecule has 0 unspecified atom stereocenters. The van der Waals surface area contributed by atoms with E-state index in [0.29, 0.717) is 6.42 Å². The number of rotatable bonds is 3. The third kappa shape index (κ3) is 22.7. The van der Waals surface area contributed by atoms with Crippen LogP contribution in [-0.4, -0.2) is 12.5 Å². The van der Waals surface area contributed by atoms with Gasteiger partial charge in [0.05, 0.1) is 0 Å². The van der Waals surface area contributed by atoms with Crippen LogP contribution in [0.5, 0.6) is 0 Å². The van der Waals surface area contributed by atoms with E-state index in [1.54, 1.807) is 0 Å². The number of hydrogen-bond acceptors (Lipinski definition) is 1. The van der Waals surface area contributed by atoms with Crippen LogP contribution in [0.2, 0.25) is 0 Å². The molecule has 2 heteroatoms. The molecule has 0 rings (SSSR count). The molecule has 0 radical (unpaired) electrons. The molecule has 0 aliphatic heterocycles. The first kappa shape index (κ1) is 17.5. The summed E-state index contributed by atoms with van der Waals surface area (Å²) in [4.78, 5) is 10.5. The van der Waals surface area contributed by atoms with Gasteiger partial charge in [0.15, 0.2) is 0 Å². The van der Waals surface area contributed by atoms with Crippen molar-refractivity contribution in [2.75, 3.05) is 6.54 Å². The highest BCUT2D eigenvalue weighted by atomic mass is 16.1. The Morgan fingerprint density at radius 3 is 1.83 bits per heavy atom. The molecule has 0 heterocycles. The molecule has 0 saturated heterocycles. The average Bonchev–Trinajstić information content (AvgIpc) is 2.20. The molecule has 1 N–H and O–H groups in total. The summed E-state index contributed by atoms with van der Waals surface area (Å²) < 4.78 is 0. The molecular formula is C10H27NO. The van der Waals surface area contributed by atoms with E-state index >= 15 is 0 Å². The third-order valence-corrected chi connectivity index (χ3v) is 0.893. The van der Waals surface area contributed by atoms with Crippen molar-refractivity contribution < 1.29 is 6.22 Å². The highest BCUT2D eigenvalue weighted by molar-refractivity contribution is 5.75. The van der Waals surface area contributed by atoms with Gasteiger partial charge in [0.25, 0.3) is 0 Å². The van der Waals surface area contributed by atoms with E-state index in [9.17, 15) is 4.79 Å². The number of carbonyl (C=O) groups excluding carboxylic acids is 1. The summed E-state index contributed by atoms with van der Waals surface area (Å²) in [5, 5.41) is 2.74. The molecule has 78 valence electrons. The second kappa shape index (κ2) is 22.4. The van der Waals surface area contributed by atoms with Crippen molar-refractivity contribution in [3.05, 3.63) is 0 Å². The van der Waals surface area contributed by atoms with Gasteiger partial charge >= 0.3 is 0 Å². The lowest BCUT2D eigenvalue weighted by atomic mass is 10.4. The van der Waals surface area contributed by atoms with Gasteiger partial charge in [-0.1, -0.05) is 41.5 Å². The summed E-state index contributed by atoms with van der Waals surface area (Å²) in [5.41, 5.74) is 0. The zero-order valence-corrected chi connectivity index (χ0v) is 9.53. The Labute approximate surface area is 79.2 Å². The molecule has 0 spiro atoms. The highest BCUT2D eigenvalue weighted by Gasteiger charge is 1.90. The monoisotopic (exact) mass is 177 g/mol. The molecule has 0 bridgehead atoms. The van der Waals surface area contributed by atoms with E-state index in [1.165, 1.54) is 0 Å². The largest absolute Gasteiger partial charge is 0.356 e. The molecule has 0 atom stereocenters. The van der Waals surface area contributed by atoms with Crippen LogP contribution >= 0.6 is 0 Å². The van der Waals surface area contributed by atoms with Crippen molar-refractivity contribution in [2.45, 2.75) is 54.4 Å². The van der Waals surface area contributed by atoms with Crippen LogP contribution in [-0.2, 0) is 4.79 Å². The van der Waals surface area contributed by atoms with Gasteiger partial charge in [-0.3, -0.25) is 4.79 Å². The minimum absolute atomic E-state index is 0.